The van der Waals surface area contributed by atoms with E-state index in [1.54, 1.807) is 29.7 Å². The van der Waals surface area contributed by atoms with Gasteiger partial charge in [-0.25, -0.2) is 4.98 Å². The molecule has 0 unspecified atom stereocenters. The first-order valence-electron chi connectivity index (χ1n) is 11.1. The summed E-state index contributed by atoms with van der Waals surface area (Å²) in [6.45, 7) is 4.05. The van der Waals surface area contributed by atoms with Crippen LogP contribution < -0.4 is 16.0 Å². The minimum Gasteiger partial charge on any atom is -0.397 e. The number of amides is 1. The largest absolute Gasteiger partial charge is 0.397 e. The second kappa shape index (κ2) is 9.15. The number of anilines is 3. The van der Waals surface area contributed by atoms with Crippen LogP contribution in [0.5, 0.6) is 0 Å². The third-order valence-corrected chi connectivity index (χ3v) is 8.59. The van der Waals surface area contributed by atoms with Gasteiger partial charge < -0.3 is 25.0 Å². The molecular weight excluding hydrogens is 471 g/mol. The van der Waals surface area contributed by atoms with E-state index in [1.807, 2.05) is 35.7 Å². The molecule has 4 heterocycles. The van der Waals surface area contributed by atoms with Crippen LogP contribution >= 0.6 is 18.9 Å². The van der Waals surface area contributed by atoms with Crippen LogP contribution in [0.3, 0.4) is 0 Å². The normalized spacial score (nSPS) is 19.1. The number of aromatic nitrogens is 1. The fourth-order valence-electron chi connectivity index (χ4n) is 4.25. The Balaban J connectivity index is 1.22. The van der Waals surface area contributed by atoms with Crippen LogP contribution in [-0.4, -0.2) is 43.9 Å². The lowest BCUT2D eigenvalue weighted by Crippen LogP contribution is -2.46. The van der Waals surface area contributed by atoms with Gasteiger partial charge in [0.15, 0.2) is 0 Å². The van der Waals surface area contributed by atoms with E-state index in [0.717, 1.165) is 42.2 Å². The highest BCUT2D eigenvalue weighted by atomic mass is 32.1. The summed E-state index contributed by atoms with van der Waals surface area (Å²) in [5.41, 5.74) is 8.57. The van der Waals surface area contributed by atoms with Gasteiger partial charge in [-0.2, -0.15) is 0 Å². The Morgan fingerprint density at radius 1 is 1.18 bits per heavy atom. The lowest BCUT2D eigenvalue weighted by molar-refractivity contribution is 0.00261. The van der Waals surface area contributed by atoms with Crippen LogP contribution in [0.2, 0.25) is 0 Å². The number of carbonyl (C=O) groups excluding carboxylic acids is 1. The molecule has 34 heavy (non-hydrogen) atoms. The molecule has 3 N–H and O–H groups in total. The summed E-state index contributed by atoms with van der Waals surface area (Å²) >= 11 is 1.63. The molecule has 0 bridgehead atoms. The van der Waals surface area contributed by atoms with Crippen LogP contribution in [0.25, 0.3) is 10.4 Å². The van der Waals surface area contributed by atoms with E-state index in [-0.39, 0.29) is 11.3 Å². The number of thiophene rings is 1. The number of piperidine rings is 1. The van der Waals surface area contributed by atoms with Crippen LogP contribution in [0.4, 0.5) is 17.2 Å². The second-order valence-corrected chi connectivity index (χ2v) is 12.0. The summed E-state index contributed by atoms with van der Waals surface area (Å²) < 4.78 is 22.9. The van der Waals surface area contributed by atoms with E-state index >= 15 is 0 Å². The van der Waals surface area contributed by atoms with Gasteiger partial charge in [-0.1, -0.05) is 12.1 Å². The number of rotatable bonds is 4. The SMILES string of the molecule is CP1(=O)OCC2(CCN(c3ccc(C(=O)Nc4cc(-c5cccs5)ccc4N)cn3)CC2)CO1. The minimum absolute atomic E-state index is 0.0855. The zero-order valence-electron chi connectivity index (χ0n) is 18.9. The molecule has 1 amide bonds. The van der Waals surface area contributed by atoms with Crippen molar-refractivity contribution in [3.05, 3.63) is 59.6 Å². The van der Waals surface area contributed by atoms with Gasteiger partial charge >= 0.3 is 7.60 Å². The highest BCUT2D eigenvalue weighted by Gasteiger charge is 2.42. The maximum Gasteiger partial charge on any atom is 0.327 e. The molecule has 2 saturated heterocycles. The predicted octanol–water partition coefficient (Wildman–Crippen LogP) is 5.10. The molecule has 10 heteroatoms. The van der Waals surface area contributed by atoms with Crippen molar-refractivity contribution in [3.63, 3.8) is 0 Å². The number of hydrogen-bond donors (Lipinski definition) is 2. The highest BCUT2D eigenvalue weighted by molar-refractivity contribution is 7.53. The molecule has 1 aromatic carbocycles. The molecule has 178 valence electrons. The van der Waals surface area contributed by atoms with Gasteiger partial charge in [0.2, 0.25) is 0 Å². The van der Waals surface area contributed by atoms with Crippen LogP contribution in [0.1, 0.15) is 23.2 Å². The van der Waals surface area contributed by atoms with Gasteiger partial charge in [-0.05, 0) is 54.1 Å². The molecule has 2 aliphatic heterocycles. The van der Waals surface area contributed by atoms with Gasteiger partial charge in [-0.3, -0.25) is 9.36 Å². The van der Waals surface area contributed by atoms with Crippen molar-refractivity contribution >= 4 is 42.0 Å². The van der Waals surface area contributed by atoms with Gasteiger partial charge in [0, 0.05) is 36.2 Å². The molecule has 1 spiro atoms. The van der Waals surface area contributed by atoms with E-state index in [2.05, 4.69) is 15.2 Å². The van der Waals surface area contributed by atoms with E-state index in [0.29, 0.717) is 30.2 Å². The Hall–Kier alpha value is -2.71. The molecule has 0 saturated carbocycles. The number of nitrogens with one attached hydrogen (secondary N) is 1. The fourth-order valence-corrected chi connectivity index (χ4v) is 6.06. The lowest BCUT2D eigenvalue weighted by Gasteiger charge is -2.44. The van der Waals surface area contributed by atoms with Gasteiger partial charge in [0.05, 0.1) is 30.2 Å². The maximum atomic E-state index is 12.8. The van der Waals surface area contributed by atoms with Crippen molar-refractivity contribution in [2.24, 2.45) is 5.41 Å². The number of carbonyl (C=O) groups is 1. The van der Waals surface area contributed by atoms with E-state index < -0.39 is 7.60 Å². The first-order chi connectivity index (χ1) is 16.3. The van der Waals surface area contributed by atoms with E-state index in [4.69, 9.17) is 14.8 Å². The standard InChI is InChI=1S/C24H27N4O4PS/c1-33(30)31-15-24(16-32-33)8-10-28(11-9-24)22-7-5-18(14-26-22)23(29)27-20-13-17(4-6-19(20)25)21-3-2-12-34-21/h2-7,12-14H,8-11,15-16,25H2,1H3,(H,27,29). The van der Waals surface area contributed by atoms with Crippen LogP contribution in [-0.2, 0) is 13.6 Å². The maximum absolute atomic E-state index is 12.8. The third-order valence-electron chi connectivity index (χ3n) is 6.48. The third kappa shape index (κ3) is 4.88. The zero-order valence-corrected chi connectivity index (χ0v) is 20.6. The Labute approximate surface area is 202 Å². The summed E-state index contributed by atoms with van der Waals surface area (Å²) in [5.74, 6) is 0.566. The van der Waals surface area contributed by atoms with Crippen molar-refractivity contribution in [2.45, 2.75) is 12.8 Å². The van der Waals surface area contributed by atoms with Gasteiger partial charge in [0.1, 0.15) is 5.82 Å². The molecule has 2 aliphatic rings. The average Bonchev–Trinajstić information content (AvgIpc) is 3.38. The number of nitrogen functional groups attached to an aromatic ring is 1. The number of hydrogen-bond acceptors (Lipinski definition) is 8. The molecule has 3 aromatic rings. The minimum atomic E-state index is -2.88. The Kier molecular flexibility index (Phi) is 6.20. The monoisotopic (exact) mass is 498 g/mol. The van der Waals surface area contributed by atoms with Gasteiger partial charge in [-0.15, -0.1) is 11.3 Å². The first kappa shape index (κ1) is 23.1. The molecule has 5 rings (SSSR count). The number of benzene rings is 1. The molecule has 2 fully saturated rings. The number of nitrogens with two attached hydrogens (primary N) is 1. The van der Waals surface area contributed by atoms with Crippen LogP contribution in [0.15, 0.2) is 54.0 Å². The average molecular weight is 499 g/mol. The molecule has 8 nitrogen and oxygen atoms in total. The number of nitrogens with zero attached hydrogens (tertiary/aromatic N) is 2. The van der Waals surface area contributed by atoms with Crippen molar-refractivity contribution in [1.82, 2.24) is 4.98 Å². The van der Waals surface area contributed by atoms with E-state index in [9.17, 15) is 9.36 Å². The second-order valence-electron chi connectivity index (χ2n) is 8.94. The van der Waals surface area contributed by atoms with Crippen LogP contribution in [0, 0.1) is 5.41 Å². The molecule has 2 aromatic heterocycles. The summed E-state index contributed by atoms with van der Waals surface area (Å²) in [4.78, 5) is 20.7. The highest BCUT2D eigenvalue weighted by Crippen LogP contribution is 2.52. The summed E-state index contributed by atoms with van der Waals surface area (Å²) in [6, 6.07) is 13.3. The van der Waals surface area contributed by atoms with Crippen molar-refractivity contribution in [1.29, 1.82) is 0 Å². The summed E-state index contributed by atoms with van der Waals surface area (Å²) in [6.07, 6.45) is 3.34. The van der Waals surface area contributed by atoms with Crippen molar-refractivity contribution in [3.8, 4) is 10.4 Å². The summed E-state index contributed by atoms with van der Waals surface area (Å²) in [5, 5.41) is 4.92. The fraction of sp³-hybridized carbons (Fsp3) is 0.333. The topological polar surface area (TPSA) is 107 Å². The van der Waals surface area contributed by atoms with Crippen molar-refractivity contribution in [2.75, 3.05) is 48.9 Å². The molecule has 0 aliphatic carbocycles. The Bertz CT molecular complexity index is 1210. The lowest BCUT2D eigenvalue weighted by atomic mass is 9.80. The quantitative estimate of drug-likeness (QED) is 0.381. The Morgan fingerprint density at radius 2 is 1.94 bits per heavy atom. The summed E-state index contributed by atoms with van der Waals surface area (Å²) in [7, 11) is -2.88. The molecular formula is C24H27N4O4PS. The first-order valence-corrected chi connectivity index (χ1v) is 14.0. The zero-order chi connectivity index (χ0) is 23.8. The smallest absolute Gasteiger partial charge is 0.327 e. The number of pyridine rings is 1. The predicted molar refractivity (Wildman–Crippen MR) is 136 cm³/mol. The van der Waals surface area contributed by atoms with Gasteiger partial charge in [0.25, 0.3) is 5.91 Å². The van der Waals surface area contributed by atoms with E-state index in [1.165, 1.54) is 6.66 Å². The molecule has 0 atom stereocenters. The Morgan fingerprint density at radius 3 is 2.59 bits per heavy atom. The molecule has 0 radical (unpaired) electrons. The van der Waals surface area contributed by atoms with Crippen molar-refractivity contribution < 1.29 is 18.4 Å².